The quantitative estimate of drug-likeness (QED) is 0.184. The van der Waals surface area contributed by atoms with Gasteiger partial charge >= 0.3 is 0 Å². The summed E-state index contributed by atoms with van der Waals surface area (Å²) in [5.74, 6) is 0. The number of hydrogen-bond acceptors (Lipinski definition) is 4. The van der Waals surface area contributed by atoms with Crippen LogP contribution in [0.1, 0.15) is 110 Å². The molecule has 0 aromatic carbocycles. The second-order valence-electron chi connectivity index (χ2n) is 7.93. The second-order valence-corrected chi connectivity index (χ2v) is 7.93. The minimum Gasteiger partial charge on any atom is -0.379 e. The molecule has 0 unspecified atom stereocenters. The minimum absolute atomic E-state index is 0.572. The van der Waals surface area contributed by atoms with Gasteiger partial charge in [-0.3, -0.25) is 0 Å². The fourth-order valence-electron chi connectivity index (χ4n) is 3.38. The Morgan fingerprint density at radius 1 is 0.393 bits per heavy atom. The maximum atomic E-state index is 5.59. The van der Waals surface area contributed by atoms with Gasteiger partial charge in [0.05, 0.1) is 33.0 Å². The lowest BCUT2D eigenvalue weighted by Crippen LogP contribution is -2.13. The summed E-state index contributed by atoms with van der Waals surface area (Å²) in [6.45, 7) is 6.93. The van der Waals surface area contributed by atoms with Crippen LogP contribution in [0.25, 0.3) is 0 Å². The lowest BCUT2D eigenvalue weighted by Gasteiger charge is -2.06. The van der Waals surface area contributed by atoms with Crippen molar-refractivity contribution in [1.82, 2.24) is 0 Å². The van der Waals surface area contributed by atoms with Crippen LogP contribution in [0, 0.1) is 0 Å². The fourth-order valence-corrected chi connectivity index (χ4v) is 3.38. The summed E-state index contributed by atoms with van der Waals surface area (Å²) >= 11 is 0. The Hall–Kier alpha value is -0.160. The van der Waals surface area contributed by atoms with Gasteiger partial charge in [0.15, 0.2) is 0 Å². The molecule has 28 heavy (non-hydrogen) atoms. The van der Waals surface area contributed by atoms with E-state index in [-0.39, 0.29) is 0 Å². The van der Waals surface area contributed by atoms with Gasteiger partial charge in [0.1, 0.15) is 0 Å². The smallest absolute Gasteiger partial charge is 0.0701 e. The highest BCUT2D eigenvalue weighted by atomic mass is 16.5. The molecular weight excluding hydrogens is 350 g/mol. The minimum atomic E-state index is 0.572. The molecule has 0 aromatic rings. The molecule has 0 aliphatic rings. The Kier molecular flexibility index (Phi) is 26.7. The Balaban J connectivity index is 2.96. The standard InChI is InChI=1S/C24H51NO3/c1-2-3-4-5-6-7-8-9-10-11-12-13-14-15-16-17-19-26-21-23-28-24-22-27-20-18-25/h2-25H2,1H3. The Morgan fingerprint density at radius 2 is 0.714 bits per heavy atom. The molecule has 0 saturated carbocycles. The lowest BCUT2D eigenvalue weighted by atomic mass is 10.0. The van der Waals surface area contributed by atoms with Gasteiger partial charge < -0.3 is 19.9 Å². The molecule has 0 atom stereocenters. The van der Waals surface area contributed by atoms with E-state index in [4.69, 9.17) is 19.9 Å². The van der Waals surface area contributed by atoms with Gasteiger partial charge in [0.25, 0.3) is 0 Å². The van der Waals surface area contributed by atoms with Crippen LogP contribution in [0.15, 0.2) is 0 Å². The van der Waals surface area contributed by atoms with Gasteiger partial charge in [0, 0.05) is 13.2 Å². The maximum absolute atomic E-state index is 5.59. The van der Waals surface area contributed by atoms with Gasteiger partial charge in [0.2, 0.25) is 0 Å². The first kappa shape index (κ1) is 27.8. The van der Waals surface area contributed by atoms with Crippen molar-refractivity contribution in [3.8, 4) is 0 Å². The Bertz CT molecular complexity index is 238. The highest BCUT2D eigenvalue weighted by molar-refractivity contribution is 4.50. The van der Waals surface area contributed by atoms with E-state index >= 15 is 0 Å². The van der Waals surface area contributed by atoms with Crippen LogP contribution in [-0.2, 0) is 14.2 Å². The zero-order valence-corrected chi connectivity index (χ0v) is 19.1. The van der Waals surface area contributed by atoms with E-state index in [0.29, 0.717) is 39.6 Å². The number of hydrogen-bond donors (Lipinski definition) is 1. The zero-order valence-electron chi connectivity index (χ0n) is 19.1. The molecule has 0 saturated heterocycles. The third-order valence-electron chi connectivity index (χ3n) is 5.15. The predicted octanol–water partition coefficient (Wildman–Crippen LogP) is 6.26. The molecule has 2 N–H and O–H groups in total. The molecule has 0 spiro atoms. The third-order valence-corrected chi connectivity index (χ3v) is 5.15. The largest absolute Gasteiger partial charge is 0.379 e. The van der Waals surface area contributed by atoms with Crippen molar-refractivity contribution < 1.29 is 14.2 Å². The summed E-state index contributed by atoms with van der Waals surface area (Å²) in [7, 11) is 0. The van der Waals surface area contributed by atoms with Crippen molar-refractivity contribution in [3.05, 3.63) is 0 Å². The Morgan fingerprint density at radius 3 is 1.11 bits per heavy atom. The van der Waals surface area contributed by atoms with E-state index in [1.54, 1.807) is 0 Å². The van der Waals surface area contributed by atoms with Crippen molar-refractivity contribution in [2.24, 2.45) is 5.73 Å². The number of rotatable bonds is 25. The van der Waals surface area contributed by atoms with E-state index in [1.165, 1.54) is 103 Å². The van der Waals surface area contributed by atoms with Crippen LogP contribution >= 0.6 is 0 Å². The molecule has 0 rings (SSSR count). The molecule has 0 amide bonds. The first-order valence-electron chi connectivity index (χ1n) is 12.3. The van der Waals surface area contributed by atoms with Crippen LogP contribution in [0.4, 0.5) is 0 Å². The topological polar surface area (TPSA) is 53.7 Å². The van der Waals surface area contributed by atoms with Gasteiger partial charge in [-0.25, -0.2) is 0 Å². The molecule has 0 heterocycles. The van der Waals surface area contributed by atoms with Crippen LogP contribution in [0.5, 0.6) is 0 Å². The van der Waals surface area contributed by atoms with Crippen LogP contribution in [0.3, 0.4) is 0 Å². The summed E-state index contributed by atoms with van der Waals surface area (Å²) in [5, 5.41) is 0. The number of ether oxygens (including phenoxy) is 3. The van der Waals surface area contributed by atoms with Crippen molar-refractivity contribution >= 4 is 0 Å². The SMILES string of the molecule is CCCCCCCCCCCCCCCCCCOCCOCCOCCN. The molecule has 0 bridgehead atoms. The molecule has 0 fully saturated rings. The molecule has 0 aliphatic heterocycles. The molecule has 0 radical (unpaired) electrons. The Labute approximate surface area is 176 Å². The van der Waals surface area contributed by atoms with Gasteiger partial charge in [-0.05, 0) is 6.42 Å². The molecule has 4 nitrogen and oxygen atoms in total. The second kappa shape index (κ2) is 26.8. The van der Waals surface area contributed by atoms with E-state index in [1.807, 2.05) is 0 Å². The van der Waals surface area contributed by atoms with Gasteiger partial charge in [-0.2, -0.15) is 0 Å². The van der Waals surface area contributed by atoms with Crippen molar-refractivity contribution in [3.63, 3.8) is 0 Å². The highest BCUT2D eigenvalue weighted by Crippen LogP contribution is 2.13. The van der Waals surface area contributed by atoms with E-state index in [0.717, 1.165) is 6.61 Å². The maximum Gasteiger partial charge on any atom is 0.0701 e. The summed E-state index contributed by atoms with van der Waals surface area (Å²) in [4.78, 5) is 0. The van der Waals surface area contributed by atoms with Crippen molar-refractivity contribution in [2.45, 2.75) is 110 Å². The van der Waals surface area contributed by atoms with E-state index in [2.05, 4.69) is 6.92 Å². The lowest BCUT2D eigenvalue weighted by molar-refractivity contribution is 0.0153. The summed E-state index contributed by atoms with van der Waals surface area (Å²) in [5.41, 5.74) is 5.34. The fraction of sp³-hybridized carbons (Fsp3) is 1.00. The van der Waals surface area contributed by atoms with Crippen LogP contribution in [0.2, 0.25) is 0 Å². The molecule has 4 heteroatoms. The van der Waals surface area contributed by atoms with E-state index in [9.17, 15) is 0 Å². The summed E-state index contributed by atoms with van der Waals surface area (Å²) < 4.78 is 16.3. The third kappa shape index (κ3) is 25.8. The predicted molar refractivity (Wildman–Crippen MR) is 121 cm³/mol. The van der Waals surface area contributed by atoms with Gasteiger partial charge in [-0.1, -0.05) is 103 Å². The average Bonchev–Trinajstić information content (AvgIpc) is 2.71. The number of nitrogens with two attached hydrogens (primary N) is 1. The normalized spacial score (nSPS) is 11.4. The molecule has 0 aliphatic carbocycles. The number of unbranched alkanes of at least 4 members (excludes halogenated alkanes) is 15. The first-order chi connectivity index (χ1) is 13.9. The molecule has 0 aromatic heterocycles. The zero-order chi connectivity index (χ0) is 20.4. The first-order valence-corrected chi connectivity index (χ1v) is 12.3. The molecular formula is C24H51NO3. The van der Waals surface area contributed by atoms with E-state index < -0.39 is 0 Å². The van der Waals surface area contributed by atoms with Crippen LogP contribution in [-0.4, -0.2) is 46.2 Å². The van der Waals surface area contributed by atoms with Crippen molar-refractivity contribution in [1.29, 1.82) is 0 Å². The highest BCUT2D eigenvalue weighted by Gasteiger charge is 1.95. The monoisotopic (exact) mass is 401 g/mol. The van der Waals surface area contributed by atoms with Crippen LogP contribution < -0.4 is 5.73 Å². The summed E-state index contributed by atoms with van der Waals surface area (Å²) in [6, 6.07) is 0. The molecule has 170 valence electrons. The summed E-state index contributed by atoms with van der Waals surface area (Å²) in [6.07, 6.45) is 22.5. The average molecular weight is 402 g/mol. The van der Waals surface area contributed by atoms with Gasteiger partial charge in [-0.15, -0.1) is 0 Å². The van der Waals surface area contributed by atoms with Crippen molar-refractivity contribution in [2.75, 3.05) is 46.2 Å².